The number of aromatic nitrogens is 2. The Balaban J connectivity index is 2.43. The van der Waals surface area contributed by atoms with Crippen LogP contribution in [-0.4, -0.2) is 10.2 Å². The van der Waals surface area contributed by atoms with Gasteiger partial charge in [0.15, 0.2) is 0 Å². The standard InChI is InChI=1S/C13H14N2O2/c1-7-3-2-4-8-5-10-11(6-9(7)8)13(17)15-14-12(10)16/h5-7H,2-4H2,1H3,(H,14,16)(H,15,17). The molecule has 3 rings (SSSR count). The normalized spacial score (nSPS) is 19.2. The lowest BCUT2D eigenvalue weighted by Crippen LogP contribution is -2.20. The Morgan fingerprint density at radius 2 is 1.76 bits per heavy atom. The van der Waals surface area contributed by atoms with Crippen LogP contribution in [0.1, 0.15) is 36.8 Å². The van der Waals surface area contributed by atoms with Crippen molar-refractivity contribution < 1.29 is 0 Å². The molecule has 0 saturated heterocycles. The largest absolute Gasteiger partial charge is 0.270 e. The SMILES string of the molecule is CC1CCCc2cc3c(=O)[nH][nH]c(=O)c3cc21. The van der Waals surface area contributed by atoms with Crippen molar-refractivity contribution in [2.24, 2.45) is 0 Å². The lowest BCUT2D eigenvalue weighted by molar-refractivity contribution is 0.591. The number of aryl methyl sites for hydroxylation is 1. The van der Waals surface area contributed by atoms with Gasteiger partial charge >= 0.3 is 0 Å². The summed E-state index contributed by atoms with van der Waals surface area (Å²) in [4.78, 5) is 23.4. The highest BCUT2D eigenvalue weighted by molar-refractivity contribution is 5.82. The van der Waals surface area contributed by atoms with Crippen molar-refractivity contribution in [3.05, 3.63) is 44.0 Å². The summed E-state index contributed by atoms with van der Waals surface area (Å²) in [5.74, 6) is 0.474. The molecule has 0 fully saturated rings. The maximum atomic E-state index is 11.7. The molecule has 0 radical (unpaired) electrons. The van der Waals surface area contributed by atoms with Crippen LogP contribution in [0.2, 0.25) is 0 Å². The van der Waals surface area contributed by atoms with Gasteiger partial charge in [-0.25, -0.2) is 0 Å². The third-order valence-corrected chi connectivity index (χ3v) is 3.67. The molecule has 0 aliphatic heterocycles. The number of aromatic amines is 2. The molecule has 0 saturated carbocycles. The predicted octanol–water partition coefficient (Wildman–Crippen LogP) is 1.66. The first-order chi connectivity index (χ1) is 8.16. The predicted molar refractivity (Wildman–Crippen MR) is 66.5 cm³/mol. The van der Waals surface area contributed by atoms with E-state index in [-0.39, 0.29) is 11.1 Å². The molecular formula is C13H14N2O2. The van der Waals surface area contributed by atoms with E-state index in [1.807, 2.05) is 12.1 Å². The summed E-state index contributed by atoms with van der Waals surface area (Å²) in [6.45, 7) is 2.17. The fourth-order valence-corrected chi connectivity index (χ4v) is 2.71. The van der Waals surface area contributed by atoms with Crippen LogP contribution in [0.25, 0.3) is 10.8 Å². The van der Waals surface area contributed by atoms with E-state index in [0.717, 1.165) is 19.3 Å². The van der Waals surface area contributed by atoms with E-state index in [1.165, 1.54) is 11.1 Å². The van der Waals surface area contributed by atoms with Crippen molar-refractivity contribution in [2.45, 2.75) is 32.1 Å². The van der Waals surface area contributed by atoms with Gasteiger partial charge in [-0.15, -0.1) is 0 Å². The first-order valence-electron chi connectivity index (χ1n) is 5.94. The molecular weight excluding hydrogens is 216 g/mol. The Labute approximate surface area is 97.7 Å². The molecule has 4 nitrogen and oxygen atoms in total. The summed E-state index contributed by atoms with van der Waals surface area (Å²) >= 11 is 0. The van der Waals surface area contributed by atoms with E-state index >= 15 is 0 Å². The van der Waals surface area contributed by atoms with Gasteiger partial charge in [-0.3, -0.25) is 19.8 Å². The number of nitrogens with one attached hydrogen (secondary N) is 2. The molecule has 17 heavy (non-hydrogen) atoms. The molecule has 2 aromatic rings. The van der Waals surface area contributed by atoms with E-state index < -0.39 is 0 Å². The molecule has 1 heterocycles. The van der Waals surface area contributed by atoms with Gasteiger partial charge < -0.3 is 0 Å². The maximum Gasteiger partial charge on any atom is 0.270 e. The number of fused-ring (bicyclic) bond motifs is 2. The van der Waals surface area contributed by atoms with Crippen molar-refractivity contribution in [2.75, 3.05) is 0 Å². The van der Waals surface area contributed by atoms with Gasteiger partial charge in [-0.05, 0) is 48.4 Å². The van der Waals surface area contributed by atoms with Crippen LogP contribution in [0, 0.1) is 0 Å². The number of H-pyrrole nitrogens is 2. The molecule has 1 aromatic carbocycles. The van der Waals surface area contributed by atoms with Crippen molar-refractivity contribution in [1.82, 2.24) is 10.2 Å². The van der Waals surface area contributed by atoms with Crippen LogP contribution in [-0.2, 0) is 6.42 Å². The molecule has 0 amide bonds. The van der Waals surface area contributed by atoms with E-state index in [4.69, 9.17) is 0 Å². The Bertz CT molecular complexity index is 697. The summed E-state index contributed by atoms with van der Waals surface area (Å²) in [5, 5.41) is 5.74. The zero-order valence-corrected chi connectivity index (χ0v) is 9.67. The first kappa shape index (κ1) is 10.3. The van der Waals surface area contributed by atoms with E-state index in [9.17, 15) is 9.59 Å². The minimum absolute atomic E-state index is 0.222. The topological polar surface area (TPSA) is 65.7 Å². The molecule has 1 aromatic heterocycles. The van der Waals surface area contributed by atoms with Gasteiger partial charge in [0.2, 0.25) is 0 Å². The first-order valence-corrected chi connectivity index (χ1v) is 5.94. The number of hydrogen-bond donors (Lipinski definition) is 2. The zero-order valence-electron chi connectivity index (χ0n) is 9.67. The molecule has 1 aliphatic carbocycles. The Kier molecular flexibility index (Phi) is 2.18. The van der Waals surface area contributed by atoms with Crippen LogP contribution in [0.15, 0.2) is 21.7 Å². The molecule has 0 spiro atoms. The summed E-state index contributed by atoms with van der Waals surface area (Å²) in [5.41, 5.74) is 1.99. The quantitative estimate of drug-likeness (QED) is 0.722. The van der Waals surface area contributed by atoms with E-state index in [1.54, 1.807) is 0 Å². The zero-order chi connectivity index (χ0) is 12.0. The van der Waals surface area contributed by atoms with Gasteiger partial charge in [-0.1, -0.05) is 6.92 Å². The molecule has 1 aliphatic rings. The van der Waals surface area contributed by atoms with Crippen LogP contribution in [0.5, 0.6) is 0 Å². The van der Waals surface area contributed by atoms with Crippen molar-refractivity contribution in [3.63, 3.8) is 0 Å². The fraction of sp³-hybridized carbons (Fsp3) is 0.385. The molecule has 2 N–H and O–H groups in total. The maximum absolute atomic E-state index is 11.7. The fourth-order valence-electron chi connectivity index (χ4n) is 2.71. The van der Waals surface area contributed by atoms with Crippen LogP contribution in [0.4, 0.5) is 0 Å². The second-order valence-electron chi connectivity index (χ2n) is 4.80. The highest BCUT2D eigenvalue weighted by Crippen LogP contribution is 2.32. The van der Waals surface area contributed by atoms with Crippen molar-refractivity contribution >= 4 is 10.8 Å². The van der Waals surface area contributed by atoms with Crippen molar-refractivity contribution in [1.29, 1.82) is 0 Å². The minimum atomic E-state index is -0.222. The number of hydrogen-bond acceptors (Lipinski definition) is 2. The minimum Gasteiger partial charge on any atom is -0.267 e. The lowest BCUT2D eigenvalue weighted by Gasteiger charge is -2.22. The van der Waals surface area contributed by atoms with Crippen LogP contribution in [0.3, 0.4) is 0 Å². The summed E-state index contributed by atoms with van der Waals surface area (Å²) in [6, 6.07) is 3.77. The smallest absolute Gasteiger partial charge is 0.267 e. The van der Waals surface area contributed by atoms with Gasteiger partial charge in [-0.2, -0.15) is 0 Å². The highest BCUT2D eigenvalue weighted by Gasteiger charge is 2.18. The van der Waals surface area contributed by atoms with Crippen LogP contribution >= 0.6 is 0 Å². The molecule has 88 valence electrons. The summed E-state index contributed by atoms with van der Waals surface area (Å²) < 4.78 is 0. The van der Waals surface area contributed by atoms with Gasteiger partial charge in [0, 0.05) is 0 Å². The Hall–Kier alpha value is -1.84. The Morgan fingerprint density at radius 1 is 1.12 bits per heavy atom. The van der Waals surface area contributed by atoms with Crippen LogP contribution < -0.4 is 11.1 Å². The van der Waals surface area contributed by atoms with Gasteiger partial charge in [0.25, 0.3) is 11.1 Å². The molecule has 0 bridgehead atoms. The monoisotopic (exact) mass is 230 g/mol. The van der Waals surface area contributed by atoms with Crippen molar-refractivity contribution in [3.8, 4) is 0 Å². The lowest BCUT2D eigenvalue weighted by atomic mass is 9.83. The molecule has 4 heteroatoms. The number of benzene rings is 1. The Morgan fingerprint density at radius 3 is 2.47 bits per heavy atom. The third kappa shape index (κ3) is 1.52. The van der Waals surface area contributed by atoms with E-state index in [0.29, 0.717) is 16.7 Å². The molecule has 1 atom stereocenters. The third-order valence-electron chi connectivity index (χ3n) is 3.67. The second-order valence-corrected chi connectivity index (χ2v) is 4.80. The van der Waals surface area contributed by atoms with Gasteiger partial charge in [0.05, 0.1) is 10.8 Å². The number of rotatable bonds is 0. The average molecular weight is 230 g/mol. The summed E-state index contributed by atoms with van der Waals surface area (Å²) in [6.07, 6.45) is 3.31. The highest BCUT2D eigenvalue weighted by atomic mass is 16.1. The summed E-state index contributed by atoms with van der Waals surface area (Å²) in [7, 11) is 0. The molecule has 1 unspecified atom stereocenters. The van der Waals surface area contributed by atoms with Gasteiger partial charge in [0.1, 0.15) is 0 Å². The average Bonchev–Trinajstić information content (AvgIpc) is 2.33. The van der Waals surface area contributed by atoms with E-state index in [2.05, 4.69) is 17.1 Å². The second kappa shape index (κ2) is 3.58.